The summed E-state index contributed by atoms with van der Waals surface area (Å²) >= 11 is 0. The number of nitrogens with one attached hydrogen (secondary N) is 4. The number of nitrogens with zero attached hydrogens (tertiary/aromatic N) is 8. The molecule has 0 aliphatic carbocycles. The van der Waals surface area contributed by atoms with Gasteiger partial charge in [-0.25, -0.2) is 24.1 Å². The molecule has 21 heteroatoms. The van der Waals surface area contributed by atoms with Gasteiger partial charge in [0.2, 0.25) is 11.8 Å². The minimum atomic E-state index is -0.863. The fraction of sp³-hybridized carbons (Fsp3) is 0.310. The molecule has 7 amide bonds. The largest absolute Gasteiger partial charge is 0.445 e. The summed E-state index contributed by atoms with van der Waals surface area (Å²) in [4.78, 5) is 115. The molecule has 7 aromatic rings. The lowest BCUT2D eigenvalue weighted by Crippen LogP contribution is -2.45. The van der Waals surface area contributed by atoms with Gasteiger partial charge in [-0.15, -0.1) is 0 Å². The Morgan fingerprint density at radius 3 is 2.34 bits per heavy atom. The number of H-pyrrole nitrogens is 1. The first-order valence-corrected chi connectivity index (χ1v) is 26.2. The summed E-state index contributed by atoms with van der Waals surface area (Å²) < 4.78 is 7.69. The topological polar surface area (TPSA) is 282 Å². The van der Waals surface area contributed by atoms with Crippen molar-refractivity contribution in [3.8, 4) is 33.8 Å². The molecule has 6 N–H and O–H groups in total. The van der Waals surface area contributed by atoms with Crippen molar-refractivity contribution in [2.75, 3.05) is 18.4 Å². The number of nitrogens with two attached hydrogens (primary N) is 1. The number of ether oxygens (including phenoxy) is 1. The number of hydrogen-bond acceptors (Lipinski definition) is 13. The zero-order chi connectivity index (χ0) is 55.8. The molecule has 5 aromatic heterocycles. The van der Waals surface area contributed by atoms with Gasteiger partial charge in [-0.3, -0.25) is 43.7 Å². The average molecular weight is 1070 g/mol. The number of ketones is 1. The summed E-state index contributed by atoms with van der Waals surface area (Å²) in [7, 11) is 0. The molecule has 79 heavy (non-hydrogen) atoms. The molecule has 0 fully saturated rings. The fourth-order valence-electron chi connectivity index (χ4n) is 9.24. The Morgan fingerprint density at radius 1 is 0.823 bits per heavy atom. The van der Waals surface area contributed by atoms with Crippen LogP contribution in [0.3, 0.4) is 0 Å². The smallest absolute Gasteiger partial charge is 0.410 e. The summed E-state index contributed by atoms with van der Waals surface area (Å²) in [6.07, 6.45) is 10.8. The van der Waals surface area contributed by atoms with Crippen LogP contribution in [-0.4, -0.2) is 105 Å². The van der Waals surface area contributed by atoms with E-state index in [1.54, 1.807) is 46.1 Å². The maximum Gasteiger partial charge on any atom is 0.410 e. The molecular weight excluding hydrogens is 1010 g/mol. The van der Waals surface area contributed by atoms with Crippen molar-refractivity contribution in [2.45, 2.75) is 91.5 Å². The molecule has 0 saturated heterocycles. The van der Waals surface area contributed by atoms with E-state index in [0.29, 0.717) is 65.5 Å². The van der Waals surface area contributed by atoms with Crippen molar-refractivity contribution in [1.29, 1.82) is 0 Å². The summed E-state index contributed by atoms with van der Waals surface area (Å²) in [5.41, 5.74) is 13.2. The first-order chi connectivity index (χ1) is 38.2. The zero-order valence-electron chi connectivity index (χ0n) is 44.3. The number of benzene rings is 2. The van der Waals surface area contributed by atoms with Crippen molar-refractivity contribution in [3.63, 3.8) is 0 Å². The molecule has 1 aliphatic heterocycles. The number of Topliss-reactive ketones (excluding diaryl/α,β-unsaturated/α-hetero) is 1. The minimum Gasteiger partial charge on any atom is -0.445 e. The third-order valence-electron chi connectivity index (χ3n) is 13.4. The number of rotatable bonds is 26. The quantitative estimate of drug-likeness (QED) is 0.0260. The van der Waals surface area contributed by atoms with E-state index in [-0.39, 0.29) is 81.5 Å². The summed E-state index contributed by atoms with van der Waals surface area (Å²) in [6.45, 7) is 6.05. The second-order valence-electron chi connectivity index (χ2n) is 19.6. The van der Waals surface area contributed by atoms with Crippen molar-refractivity contribution >= 4 is 52.9 Å². The van der Waals surface area contributed by atoms with E-state index in [9.17, 15) is 33.6 Å². The summed E-state index contributed by atoms with van der Waals surface area (Å²) in [5.74, 6) is -2.42. The van der Waals surface area contributed by atoms with Gasteiger partial charge in [0.05, 0.1) is 36.2 Å². The molecule has 1 aliphatic rings. The van der Waals surface area contributed by atoms with Gasteiger partial charge in [-0.2, -0.15) is 5.10 Å². The van der Waals surface area contributed by atoms with E-state index in [2.05, 4.69) is 36.0 Å². The Hall–Kier alpha value is -9.40. The van der Waals surface area contributed by atoms with Crippen LogP contribution in [0, 0.1) is 18.8 Å². The van der Waals surface area contributed by atoms with Crippen LogP contribution in [0.15, 0.2) is 128 Å². The Labute approximate surface area is 456 Å². The van der Waals surface area contributed by atoms with E-state index in [4.69, 9.17) is 20.4 Å². The Kier molecular flexibility index (Phi) is 18.8. The Bertz CT molecular complexity index is 3320. The maximum atomic E-state index is 14.4. The predicted molar refractivity (Wildman–Crippen MR) is 294 cm³/mol. The van der Waals surface area contributed by atoms with Crippen LogP contribution in [0.2, 0.25) is 0 Å². The molecule has 0 spiro atoms. The number of urea groups is 1. The highest BCUT2D eigenvalue weighted by molar-refractivity contribution is 6.12. The van der Waals surface area contributed by atoms with Crippen LogP contribution in [0.1, 0.15) is 81.4 Å². The number of carbonyl (C=O) groups is 7. The fourth-order valence-corrected chi connectivity index (χ4v) is 9.24. The molecule has 6 heterocycles. The third-order valence-corrected chi connectivity index (χ3v) is 13.4. The number of aryl methyl sites for hydroxylation is 1. The summed E-state index contributed by atoms with van der Waals surface area (Å²) in [6, 6.07) is 26.3. The van der Waals surface area contributed by atoms with Gasteiger partial charge in [0.25, 0.3) is 11.8 Å². The van der Waals surface area contributed by atoms with Gasteiger partial charge < -0.3 is 31.4 Å². The van der Waals surface area contributed by atoms with Crippen LogP contribution in [0.25, 0.3) is 39.4 Å². The molecule has 0 bridgehead atoms. The number of carbonyl (C=O) groups excluding carboxylic acids is 7. The van der Waals surface area contributed by atoms with Gasteiger partial charge in [-0.05, 0) is 109 Å². The molecule has 2 aromatic carbocycles. The standard InChI is InChI=1S/C58H63N13O8/c1-37(2)53(68-50(73)16-5-4-8-30-70-51(74)23-24-52(70)75)47(72)31-41(13-10-27-61-57(59)77)56(76)65-44-20-17-39(18-21-44)35-79-58(78)69(32-42-12-6-7-14-45(42)40-25-28-60-29-26-40)34-48-66-54(43-19-22-49-62-36-63-71(49)33-43)55(67-48)46-15-9-11-38(3)64-46/h6-7,9,11-12,14-15,17-26,28-29,33,36-37,41,53H,4-5,8,10,13,16,27,30-32,34-35H2,1-3H3,(H,65,76)(H,66,67)(H,68,73)(H3,59,61,77)/t41-,53+/m1/s1. The van der Waals surface area contributed by atoms with Crippen LogP contribution in [0.5, 0.6) is 0 Å². The number of unbranched alkanes of at least 4 members (excludes halogenated alkanes) is 2. The van der Waals surface area contributed by atoms with Crippen molar-refractivity contribution < 1.29 is 38.3 Å². The molecular formula is C58H63N13O8. The van der Waals surface area contributed by atoms with Crippen LogP contribution in [0.4, 0.5) is 15.3 Å². The van der Waals surface area contributed by atoms with E-state index >= 15 is 0 Å². The number of anilines is 1. The van der Waals surface area contributed by atoms with E-state index in [0.717, 1.165) is 32.8 Å². The van der Waals surface area contributed by atoms with Crippen molar-refractivity contribution in [2.24, 2.45) is 17.6 Å². The molecule has 21 nitrogen and oxygen atoms in total. The molecule has 0 saturated carbocycles. The number of primary amides is 1. The molecule has 408 valence electrons. The van der Waals surface area contributed by atoms with Crippen molar-refractivity contribution in [3.05, 3.63) is 151 Å². The number of pyridine rings is 3. The first-order valence-electron chi connectivity index (χ1n) is 26.2. The van der Waals surface area contributed by atoms with E-state index < -0.39 is 30.0 Å². The summed E-state index contributed by atoms with van der Waals surface area (Å²) in [5, 5.41) is 12.6. The van der Waals surface area contributed by atoms with Gasteiger partial charge >= 0.3 is 12.1 Å². The number of hydrogen-bond donors (Lipinski definition) is 5. The highest BCUT2D eigenvalue weighted by Crippen LogP contribution is 2.31. The lowest BCUT2D eigenvalue weighted by molar-refractivity contribution is -0.137. The number of aromatic nitrogens is 7. The number of imide groups is 1. The molecule has 2 atom stereocenters. The third kappa shape index (κ3) is 15.2. The molecule has 0 radical (unpaired) electrons. The minimum absolute atomic E-state index is 0.0263. The lowest BCUT2D eigenvalue weighted by Gasteiger charge is -2.24. The van der Waals surface area contributed by atoms with Gasteiger partial charge in [0.1, 0.15) is 18.8 Å². The molecule has 0 unspecified atom stereocenters. The molecule has 8 rings (SSSR count). The number of imidazole rings is 1. The van der Waals surface area contributed by atoms with Crippen LogP contribution < -0.4 is 21.7 Å². The zero-order valence-corrected chi connectivity index (χ0v) is 44.3. The van der Waals surface area contributed by atoms with Gasteiger partial charge in [0, 0.05) is 79.5 Å². The average Bonchev–Trinajstić information content (AvgIpc) is 4.34. The maximum absolute atomic E-state index is 14.4. The Morgan fingerprint density at radius 2 is 1.59 bits per heavy atom. The lowest BCUT2D eigenvalue weighted by atomic mass is 9.89. The van der Waals surface area contributed by atoms with Crippen LogP contribution >= 0.6 is 0 Å². The normalized spacial score (nSPS) is 12.9. The van der Waals surface area contributed by atoms with E-state index in [1.807, 2.05) is 93.7 Å². The van der Waals surface area contributed by atoms with Crippen LogP contribution in [-0.2, 0) is 48.4 Å². The van der Waals surface area contributed by atoms with Gasteiger partial charge in [-0.1, -0.05) is 62.7 Å². The number of amides is 7. The van der Waals surface area contributed by atoms with Gasteiger partial charge in [0.15, 0.2) is 11.4 Å². The van der Waals surface area contributed by atoms with E-state index in [1.165, 1.54) is 18.5 Å². The highest BCUT2D eigenvalue weighted by Gasteiger charge is 2.30. The number of aromatic amines is 1. The second kappa shape index (κ2) is 26.6. The predicted octanol–water partition coefficient (Wildman–Crippen LogP) is 7.48. The highest BCUT2D eigenvalue weighted by atomic mass is 16.6. The first kappa shape index (κ1) is 55.8. The SMILES string of the molecule is Cc1cccc(-c2[nH]c(CN(Cc3ccccc3-c3ccncc3)C(=O)OCc3ccc(NC(=O)[C@H](CCCNC(N)=O)CC(=O)[C@@H](NC(=O)CCCCCN4C(=O)C=CC4=O)C(C)C)cc3)nc2-c2ccc3ncnn3c2)n1. The Balaban J connectivity index is 0.939. The van der Waals surface area contributed by atoms with Crippen molar-refractivity contribution in [1.82, 2.24) is 55.0 Å². The monoisotopic (exact) mass is 1070 g/mol. The number of fused-ring (bicyclic) bond motifs is 1. The second-order valence-corrected chi connectivity index (χ2v) is 19.6.